The zero-order valence-electron chi connectivity index (χ0n) is 13.2. The molecule has 0 saturated carbocycles. The van der Waals surface area contributed by atoms with Crippen LogP contribution in [0.5, 0.6) is 0 Å². The van der Waals surface area contributed by atoms with Gasteiger partial charge in [-0.15, -0.1) is 0 Å². The van der Waals surface area contributed by atoms with E-state index < -0.39 is 10.0 Å². The number of benzene rings is 1. The summed E-state index contributed by atoms with van der Waals surface area (Å²) in [5.41, 5.74) is 6.51. The first-order valence-corrected chi connectivity index (χ1v) is 8.83. The third kappa shape index (κ3) is 3.45. The quantitative estimate of drug-likeness (QED) is 0.885. The molecule has 2 N–H and O–H groups in total. The van der Waals surface area contributed by atoms with Crippen molar-refractivity contribution in [1.82, 2.24) is 9.29 Å². The molecule has 0 spiro atoms. The van der Waals surface area contributed by atoms with Crippen LogP contribution in [0.4, 0.5) is 0 Å². The van der Waals surface area contributed by atoms with Gasteiger partial charge in [-0.05, 0) is 24.5 Å². The van der Waals surface area contributed by atoms with Crippen molar-refractivity contribution in [2.75, 3.05) is 13.6 Å². The predicted octanol–water partition coefficient (Wildman–Crippen LogP) is 2.23. The molecule has 0 saturated heterocycles. The Morgan fingerprint density at radius 1 is 1.23 bits per heavy atom. The van der Waals surface area contributed by atoms with E-state index in [0.717, 1.165) is 5.39 Å². The molecule has 0 bridgehead atoms. The van der Waals surface area contributed by atoms with Crippen LogP contribution in [0, 0.1) is 5.92 Å². The first-order chi connectivity index (χ1) is 10.3. The van der Waals surface area contributed by atoms with E-state index in [-0.39, 0.29) is 10.9 Å². The summed E-state index contributed by atoms with van der Waals surface area (Å²) in [6.45, 7) is 4.46. The van der Waals surface area contributed by atoms with Crippen molar-refractivity contribution in [3.63, 3.8) is 0 Å². The lowest BCUT2D eigenvalue weighted by Gasteiger charge is -2.21. The van der Waals surface area contributed by atoms with Crippen molar-refractivity contribution in [3.05, 3.63) is 36.5 Å². The van der Waals surface area contributed by atoms with E-state index >= 15 is 0 Å². The number of aromatic nitrogens is 1. The topological polar surface area (TPSA) is 76.3 Å². The standard InChI is InChI=1S/C16H23N3O2S/c1-12(2)14(17)9-11-19(3)22(20,21)15-8-4-6-13-7-5-10-18-16(13)15/h4-8,10,12,14H,9,11,17H2,1-3H3. The van der Waals surface area contributed by atoms with Crippen LogP contribution < -0.4 is 5.73 Å². The Labute approximate surface area is 132 Å². The molecule has 0 aliphatic rings. The van der Waals surface area contributed by atoms with Crippen LogP contribution >= 0.6 is 0 Å². The van der Waals surface area contributed by atoms with E-state index in [2.05, 4.69) is 4.98 Å². The van der Waals surface area contributed by atoms with E-state index in [9.17, 15) is 8.42 Å². The summed E-state index contributed by atoms with van der Waals surface area (Å²) < 4.78 is 26.9. The van der Waals surface area contributed by atoms with Gasteiger partial charge in [0.25, 0.3) is 0 Å². The number of hydrogen-bond donors (Lipinski definition) is 1. The lowest BCUT2D eigenvalue weighted by atomic mass is 10.0. The van der Waals surface area contributed by atoms with Crippen molar-refractivity contribution in [2.24, 2.45) is 11.7 Å². The summed E-state index contributed by atoms with van der Waals surface area (Å²) in [6, 6.07) is 8.84. The van der Waals surface area contributed by atoms with Gasteiger partial charge in [0.15, 0.2) is 0 Å². The van der Waals surface area contributed by atoms with E-state index in [1.54, 1.807) is 31.4 Å². The molecular formula is C16H23N3O2S. The summed E-state index contributed by atoms with van der Waals surface area (Å²) in [6.07, 6.45) is 2.24. The SMILES string of the molecule is CC(C)C(N)CCN(C)S(=O)(=O)c1cccc2cccnc12. The molecule has 6 heteroatoms. The number of pyridine rings is 1. The minimum absolute atomic E-state index is 0.0108. The van der Waals surface area contributed by atoms with E-state index in [0.29, 0.717) is 24.4 Å². The zero-order valence-corrected chi connectivity index (χ0v) is 14.0. The highest BCUT2D eigenvalue weighted by molar-refractivity contribution is 7.89. The van der Waals surface area contributed by atoms with Crippen LogP contribution in [0.3, 0.4) is 0 Å². The van der Waals surface area contributed by atoms with Gasteiger partial charge in [-0.25, -0.2) is 12.7 Å². The fourth-order valence-corrected chi connectivity index (χ4v) is 3.58. The number of nitrogens with zero attached hydrogens (tertiary/aromatic N) is 2. The molecule has 1 aromatic carbocycles. The number of rotatable bonds is 6. The Hall–Kier alpha value is -1.50. The molecule has 0 aliphatic carbocycles. The highest BCUT2D eigenvalue weighted by Gasteiger charge is 2.24. The Balaban J connectivity index is 2.29. The summed E-state index contributed by atoms with van der Waals surface area (Å²) in [5, 5.41) is 0.816. The second-order valence-electron chi connectivity index (χ2n) is 5.85. The molecule has 2 aromatic rings. The maximum Gasteiger partial charge on any atom is 0.244 e. The van der Waals surface area contributed by atoms with E-state index in [4.69, 9.17) is 5.73 Å². The monoisotopic (exact) mass is 321 g/mol. The fraction of sp³-hybridized carbons (Fsp3) is 0.438. The molecule has 0 fully saturated rings. The number of sulfonamides is 1. The van der Waals surface area contributed by atoms with Crippen LogP contribution in [0.1, 0.15) is 20.3 Å². The zero-order chi connectivity index (χ0) is 16.3. The molecule has 0 radical (unpaired) electrons. The molecule has 0 amide bonds. The maximum atomic E-state index is 12.8. The molecule has 120 valence electrons. The van der Waals surface area contributed by atoms with Crippen molar-refractivity contribution >= 4 is 20.9 Å². The minimum Gasteiger partial charge on any atom is -0.327 e. The van der Waals surface area contributed by atoms with E-state index in [1.165, 1.54) is 4.31 Å². The summed E-state index contributed by atoms with van der Waals surface area (Å²) in [4.78, 5) is 4.46. The number of hydrogen-bond acceptors (Lipinski definition) is 4. The Bertz CT molecular complexity index is 739. The molecule has 5 nitrogen and oxygen atoms in total. The molecule has 1 aromatic heterocycles. The summed E-state index contributed by atoms with van der Waals surface area (Å²) in [5.74, 6) is 0.329. The molecule has 1 unspecified atom stereocenters. The van der Waals surface area contributed by atoms with Gasteiger partial charge in [-0.3, -0.25) is 4.98 Å². The highest BCUT2D eigenvalue weighted by atomic mass is 32.2. The average Bonchev–Trinajstić information content (AvgIpc) is 2.51. The van der Waals surface area contributed by atoms with Gasteiger partial charge in [-0.2, -0.15) is 0 Å². The summed E-state index contributed by atoms with van der Waals surface area (Å²) >= 11 is 0. The molecule has 22 heavy (non-hydrogen) atoms. The van der Waals surface area contributed by atoms with Crippen molar-refractivity contribution in [3.8, 4) is 0 Å². The molecule has 2 rings (SSSR count). The molecular weight excluding hydrogens is 298 g/mol. The van der Waals surface area contributed by atoms with Gasteiger partial charge in [0.1, 0.15) is 4.90 Å². The Kier molecular flexibility index (Phi) is 5.16. The van der Waals surface area contributed by atoms with Crippen molar-refractivity contribution < 1.29 is 8.42 Å². The first kappa shape index (κ1) is 16.9. The maximum absolute atomic E-state index is 12.8. The smallest absolute Gasteiger partial charge is 0.244 e. The molecule has 1 heterocycles. The molecule has 0 aliphatic heterocycles. The third-order valence-corrected chi connectivity index (χ3v) is 5.81. The fourth-order valence-electron chi connectivity index (χ4n) is 2.24. The normalized spacial score (nSPS) is 13.9. The van der Waals surface area contributed by atoms with Crippen LogP contribution in [0.2, 0.25) is 0 Å². The van der Waals surface area contributed by atoms with Crippen LogP contribution in [0.15, 0.2) is 41.4 Å². The minimum atomic E-state index is -3.57. The van der Waals surface area contributed by atoms with E-state index in [1.807, 2.05) is 26.0 Å². The predicted molar refractivity (Wildman–Crippen MR) is 89.0 cm³/mol. The Morgan fingerprint density at radius 2 is 1.91 bits per heavy atom. The van der Waals surface area contributed by atoms with Crippen molar-refractivity contribution in [1.29, 1.82) is 0 Å². The van der Waals surface area contributed by atoms with Gasteiger partial charge >= 0.3 is 0 Å². The second-order valence-corrected chi connectivity index (χ2v) is 7.87. The average molecular weight is 321 g/mol. The van der Waals surface area contributed by atoms with Crippen LogP contribution in [-0.4, -0.2) is 37.3 Å². The van der Waals surface area contributed by atoms with Crippen molar-refractivity contribution in [2.45, 2.75) is 31.2 Å². The largest absolute Gasteiger partial charge is 0.327 e. The Morgan fingerprint density at radius 3 is 2.59 bits per heavy atom. The number of nitrogens with two attached hydrogens (primary N) is 1. The van der Waals surface area contributed by atoms with Gasteiger partial charge in [0.2, 0.25) is 10.0 Å². The number of fused-ring (bicyclic) bond motifs is 1. The first-order valence-electron chi connectivity index (χ1n) is 7.39. The van der Waals surface area contributed by atoms with Gasteiger partial charge in [0.05, 0.1) is 5.52 Å². The lowest BCUT2D eigenvalue weighted by molar-refractivity contribution is 0.398. The van der Waals surface area contributed by atoms with Crippen LogP contribution in [-0.2, 0) is 10.0 Å². The van der Waals surface area contributed by atoms with Gasteiger partial charge < -0.3 is 5.73 Å². The lowest BCUT2D eigenvalue weighted by Crippen LogP contribution is -2.34. The summed E-state index contributed by atoms with van der Waals surface area (Å²) in [7, 11) is -1.98. The number of para-hydroxylation sites is 1. The van der Waals surface area contributed by atoms with Crippen LogP contribution in [0.25, 0.3) is 10.9 Å². The van der Waals surface area contributed by atoms with Gasteiger partial charge in [0, 0.05) is 31.2 Å². The van der Waals surface area contributed by atoms with Gasteiger partial charge in [-0.1, -0.05) is 32.0 Å². The molecule has 1 atom stereocenters. The third-order valence-electron chi connectivity index (χ3n) is 3.92. The highest BCUT2D eigenvalue weighted by Crippen LogP contribution is 2.23. The second kappa shape index (κ2) is 6.73.